The summed E-state index contributed by atoms with van der Waals surface area (Å²) in [6, 6.07) is 4.32. The minimum Gasteiger partial charge on any atom is -0.496 e. The number of hydrogen-bond acceptors (Lipinski definition) is 4. The predicted octanol–water partition coefficient (Wildman–Crippen LogP) is 2.24. The molecule has 1 aromatic rings. The standard InChI is InChI=1S/C15H24N2O2/c1-10-6-7-13(15(18-3)11(10)2)14(17-16)12-5-4-8-19-9-12/h6-7,12,14,17H,4-5,8-9,16H2,1-3H3. The zero-order valence-electron chi connectivity index (χ0n) is 12.0. The third-order valence-corrected chi connectivity index (χ3v) is 4.09. The van der Waals surface area contributed by atoms with Crippen molar-refractivity contribution in [1.82, 2.24) is 5.43 Å². The normalized spacial score (nSPS) is 21.2. The summed E-state index contributed by atoms with van der Waals surface area (Å²) < 4.78 is 11.2. The van der Waals surface area contributed by atoms with Gasteiger partial charge in [0.25, 0.3) is 0 Å². The average molecular weight is 264 g/mol. The lowest BCUT2D eigenvalue weighted by molar-refractivity contribution is 0.0386. The quantitative estimate of drug-likeness (QED) is 0.647. The number of benzene rings is 1. The van der Waals surface area contributed by atoms with Gasteiger partial charge in [-0.2, -0.15) is 0 Å². The zero-order chi connectivity index (χ0) is 13.8. The maximum absolute atomic E-state index is 5.79. The van der Waals surface area contributed by atoms with E-state index < -0.39 is 0 Å². The molecule has 19 heavy (non-hydrogen) atoms. The number of hydrazine groups is 1. The third kappa shape index (κ3) is 2.91. The molecule has 1 saturated heterocycles. The van der Waals surface area contributed by atoms with Crippen molar-refractivity contribution in [1.29, 1.82) is 0 Å². The van der Waals surface area contributed by atoms with Crippen molar-refractivity contribution in [3.05, 3.63) is 28.8 Å². The van der Waals surface area contributed by atoms with Crippen molar-refractivity contribution in [2.45, 2.75) is 32.7 Å². The van der Waals surface area contributed by atoms with E-state index in [9.17, 15) is 0 Å². The molecule has 0 aliphatic carbocycles. The van der Waals surface area contributed by atoms with Crippen LogP contribution in [0.2, 0.25) is 0 Å². The molecule has 0 radical (unpaired) electrons. The Morgan fingerprint density at radius 3 is 2.79 bits per heavy atom. The molecule has 2 unspecified atom stereocenters. The van der Waals surface area contributed by atoms with E-state index in [0.29, 0.717) is 5.92 Å². The first-order valence-corrected chi connectivity index (χ1v) is 6.87. The molecule has 0 amide bonds. The molecular weight excluding hydrogens is 240 g/mol. The van der Waals surface area contributed by atoms with Crippen LogP contribution >= 0.6 is 0 Å². The Morgan fingerprint density at radius 2 is 2.21 bits per heavy atom. The minimum absolute atomic E-state index is 0.0783. The van der Waals surface area contributed by atoms with Crippen molar-refractivity contribution in [2.75, 3.05) is 20.3 Å². The van der Waals surface area contributed by atoms with Crippen LogP contribution in [0.1, 0.15) is 35.6 Å². The van der Waals surface area contributed by atoms with Gasteiger partial charge < -0.3 is 9.47 Å². The number of nitrogens with two attached hydrogens (primary N) is 1. The van der Waals surface area contributed by atoms with Gasteiger partial charge in [0.1, 0.15) is 5.75 Å². The van der Waals surface area contributed by atoms with E-state index in [0.717, 1.165) is 37.4 Å². The van der Waals surface area contributed by atoms with Crippen LogP contribution in [0.25, 0.3) is 0 Å². The summed E-state index contributed by atoms with van der Waals surface area (Å²) in [4.78, 5) is 0. The minimum atomic E-state index is 0.0783. The second kappa shape index (κ2) is 6.37. The molecule has 3 N–H and O–H groups in total. The van der Waals surface area contributed by atoms with Gasteiger partial charge in [0.2, 0.25) is 0 Å². The highest BCUT2D eigenvalue weighted by molar-refractivity contribution is 5.47. The van der Waals surface area contributed by atoms with Gasteiger partial charge in [-0.05, 0) is 37.8 Å². The topological polar surface area (TPSA) is 56.5 Å². The van der Waals surface area contributed by atoms with E-state index in [4.69, 9.17) is 15.3 Å². The summed E-state index contributed by atoms with van der Waals surface area (Å²) in [7, 11) is 1.72. The van der Waals surface area contributed by atoms with Gasteiger partial charge in [0.05, 0.1) is 19.8 Å². The molecule has 1 aliphatic heterocycles. The fourth-order valence-electron chi connectivity index (χ4n) is 2.84. The molecule has 1 aliphatic rings. The van der Waals surface area contributed by atoms with Crippen molar-refractivity contribution >= 4 is 0 Å². The number of aryl methyl sites for hydroxylation is 1. The molecule has 1 aromatic carbocycles. The van der Waals surface area contributed by atoms with E-state index in [2.05, 4.69) is 31.4 Å². The second-order valence-electron chi connectivity index (χ2n) is 5.25. The average Bonchev–Trinajstić information content (AvgIpc) is 2.45. The number of nitrogens with one attached hydrogen (secondary N) is 1. The largest absolute Gasteiger partial charge is 0.496 e. The highest BCUT2D eigenvalue weighted by Gasteiger charge is 2.27. The van der Waals surface area contributed by atoms with Crippen LogP contribution in [-0.4, -0.2) is 20.3 Å². The predicted molar refractivity (Wildman–Crippen MR) is 76.1 cm³/mol. The van der Waals surface area contributed by atoms with Crippen molar-refractivity contribution in [2.24, 2.45) is 11.8 Å². The number of ether oxygens (including phenoxy) is 2. The van der Waals surface area contributed by atoms with Gasteiger partial charge in [-0.1, -0.05) is 12.1 Å². The lowest BCUT2D eigenvalue weighted by atomic mass is 9.87. The molecule has 4 nitrogen and oxygen atoms in total. The highest BCUT2D eigenvalue weighted by Crippen LogP contribution is 2.36. The molecule has 1 fully saturated rings. The third-order valence-electron chi connectivity index (χ3n) is 4.09. The Balaban J connectivity index is 2.34. The first-order chi connectivity index (χ1) is 9.19. The second-order valence-corrected chi connectivity index (χ2v) is 5.25. The van der Waals surface area contributed by atoms with Gasteiger partial charge in [-0.25, -0.2) is 0 Å². The Hall–Kier alpha value is -1.10. The highest BCUT2D eigenvalue weighted by atomic mass is 16.5. The Bertz CT molecular complexity index is 428. The van der Waals surface area contributed by atoms with Crippen molar-refractivity contribution in [3.8, 4) is 5.75 Å². The molecule has 2 atom stereocenters. The van der Waals surface area contributed by atoms with E-state index in [1.165, 1.54) is 11.1 Å². The summed E-state index contributed by atoms with van der Waals surface area (Å²) in [5.74, 6) is 7.12. The van der Waals surface area contributed by atoms with Crippen LogP contribution in [0.4, 0.5) is 0 Å². The van der Waals surface area contributed by atoms with Crippen LogP contribution in [-0.2, 0) is 4.74 Å². The van der Waals surface area contributed by atoms with Crippen LogP contribution in [0.15, 0.2) is 12.1 Å². The van der Waals surface area contributed by atoms with Crippen molar-refractivity contribution in [3.63, 3.8) is 0 Å². The Morgan fingerprint density at radius 1 is 1.42 bits per heavy atom. The molecule has 0 saturated carbocycles. The van der Waals surface area contributed by atoms with E-state index >= 15 is 0 Å². The summed E-state index contributed by atoms with van der Waals surface area (Å²) in [5.41, 5.74) is 6.49. The molecule has 4 heteroatoms. The van der Waals surface area contributed by atoms with Gasteiger partial charge in [0, 0.05) is 18.1 Å². The number of methoxy groups -OCH3 is 1. The number of hydrogen-bond donors (Lipinski definition) is 2. The molecule has 1 heterocycles. The van der Waals surface area contributed by atoms with Crippen LogP contribution in [0.5, 0.6) is 5.75 Å². The fourth-order valence-corrected chi connectivity index (χ4v) is 2.84. The summed E-state index contributed by atoms with van der Waals surface area (Å²) in [6.45, 7) is 5.79. The lowest BCUT2D eigenvalue weighted by Crippen LogP contribution is -2.37. The van der Waals surface area contributed by atoms with E-state index in [1.54, 1.807) is 7.11 Å². The van der Waals surface area contributed by atoms with Gasteiger partial charge in [0.15, 0.2) is 0 Å². The Labute approximate surface area is 115 Å². The van der Waals surface area contributed by atoms with Gasteiger partial charge in [-0.15, -0.1) is 0 Å². The molecule has 0 bridgehead atoms. The molecular formula is C15H24N2O2. The lowest BCUT2D eigenvalue weighted by Gasteiger charge is -2.31. The van der Waals surface area contributed by atoms with Crippen LogP contribution in [0.3, 0.4) is 0 Å². The number of rotatable bonds is 4. The first-order valence-electron chi connectivity index (χ1n) is 6.87. The SMILES string of the molecule is COc1c(C(NN)C2CCCOC2)ccc(C)c1C. The summed E-state index contributed by atoms with van der Waals surface area (Å²) >= 11 is 0. The summed E-state index contributed by atoms with van der Waals surface area (Å²) in [6.07, 6.45) is 2.22. The summed E-state index contributed by atoms with van der Waals surface area (Å²) in [5, 5.41) is 0. The maximum atomic E-state index is 5.79. The Kier molecular flexibility index (Phi) is 4.80. The first kappa shape index (κ1) is 14.3. The molecule has 0 spiro atoms. The molecule has 106 valence electrons. The van der Waals surface area contributed by atoms with Crippen LogP contribution in [0, 0.1) is 19.8 Å². The maximum Gasteiger partial charge on any atom is 0.126 e. The zero-order valence-corrected chi connectivity index (χ0v) is 12.0. The van der Waals surface area contributed by atoms with Gasteiger partial charge in [-0.3, -0.25) is 11.3 Å². The van der Waals surface area contributed by atoms with E-state index in [-0.39, 0.29) is 6.04 Å². The monoisotopic (exact) mass is 264 g/mol. The molecule has 0 aromatic heterocycles. The van der Waals surface area contributed by atoms with Gasteiger partial charge >= 0.3 is 0 Å². The molecule has 2 rings (SSSR count). The van der Waals surface area contributed by atoms with Crippen LogP contribution < -0.4 is 16.0 Å². The van der Waals surface area contributed by atoms with Crippen molar-refractivity contribution < 1.29 is 9.47 Å². The smallest absolute Gasteiger partial charge is 0.126 e. The van der Waals surface area contributed by atoms with E-state index in [1.807, 2.05) is 0 Å². The fraction of sp³-hybridized carbons (Fsp3) is 0.600.